The molecule has 0 aromatic rings. The number of carbonyl (C=O) groups is 1. The Kier molecular flexibility index (Phi) is 4.09. The van der Waals surface area contributed by atoms with Gasteiger partial charge in [0.1, 0.15) is 0 Å². The molecule has 2 fully saturated rings. The average molecular weight is 246 g/mol. The van der Waals surface area contributed by atoms with Gasteiger partial charge >= 0.3 is 0 Å². The number of hydrogen-bond donors (Lipinski definition) is 0. The van der Waals surface area contributed by atoms with E-state index in [0.29, 0.717) is 6.61 Å². The van der Waals surface area contributed by atoms with E-state index in [2.05, 4.69) is 0 Å². The lowest BCUT2D eigenvalue weighted by atomic mass is 9.93. The van der Waals surface area contributed by atoms with E-state index in [-0.39, 0.29) is 23.2 Å². The first-order valence-corrected chi connectivity index (χ1v) is 6.62. The molecule has 0 radical (unpaired) electrons. The summed E-state index contributed by atoms with van der Waals surface area (Å²) in [7, 11) is 1.89. The van der Waals surface area contributed by atoms with Crippen molar-refractivity contribution < 1.29 is 9.53 Å². The van der Waals surface area contributed by atoms with Gasteiger partial charge in [-0.15, -0.1) is 11.6 Å². The van der Waals surface area contributed by atoms with Crippen molar-refractivity contribution in [2.24, 2.45) is 5.92 Å². The second-order valence-corrected chi connectivity index (χ2v) is 5.44. The third-order valence-electron chi connectivity index (χ3n) is 3.77. The highest BCUT2D eigenvalue weighted by Gasteiger charge is 2.33. The Morgan fingerprint density at radius 1 is 1.31 bits per heavy atom. The number of rotatable bonds is 2. The summed E-state index contributed by atoms with van der Waals surface area (Å²) in [6.07, 6.45) is 5.32. The highest BCUT2D eigenvalue weighted by molar-refractivity contribution is 6.21. The number of carbonyl (C=O) groups excluding carboxylic acids is 1. The van der Waals surface area contributed by atoms with Crippen LogP contribution in [0, 0.1) is 5.92 Å². The van der Waals surface area contributed by atoms with Crippen molar-refractivity contribution in [2.45, 2.75) is 43.5 Å². The molecule has 1 amide bonds. The summed E-state index contributed by atoms with van der Waals surface area (Å²) in [5, 5.41) is 0.130. The van der Waals surface area contributed by atoms with Gasteiger partial charge in [0.15, 0.2) is 0 Å². The maximum absolute atomic E-state index is 12.2. The van der Waals surface area contributed by atoms with Crippen molar-refractivity contribution in [2.75, 3.05) is 20.3 Å². The molecule has 0 spiro atoms. The summed E-state index contributed by atoms with van der Waals surface area (Å²) in [5.74, 6) is 0.283. The second-order valence-electron chi connectivity index (χ2n) is 4.88. The Morgan fingerprint density at radius 3 is 2.69 bits per heavy atom. The van der Waals surface area contributed by atoms with Crippen LogP contribution in [0.1, 0.15) is 32.1 Å². The summed E-state index contributed by atoms with van der Waals surface area (Å²) in [5.41, 5.74) is 0. The van der Waals surface area contributed by atoms with Crippen LogP contribution >= 0.6 is 11.6 Å². The molecule has 3 nitrogen and oxygen atoms in total. The molecule has 0 bridgehead atoms. The van der Waals surface area contributed by atoms with Crippen LogP contribution in [-0.2, 0) is 9.53 Å². The van der Waals surface area contributed by atoms with Gasteiger partial charge in [-0.25, -0.2) is 0 Å². The predicted octanol–water partition coefficient (Wildman–Crippen LogP) is 2.03. The Labute approximate surface area is 102 Å². The number of halogens is 1. The summed E-state index contributed by atoms with van der Waals surface area (Å²) in [4.78, 5) is 14.0. The van der Waals surface area contributed by atoms with Gasteiger partial charge in [-0.3, -0.25) is 4.79 Å². The van der Waals surface area contributed by atoms with Crippen LogP contribution in [0.25, 0.3) is 0 Å². The zero-order valence-electron chi connectivity index (χ0n) is 9.82. The predicted molar refractivity (Wildman–Crippen MR) is 63.6 cm³/mol. The first kappa shape index (κ1) is 12.2. The average Bonchev–Trinajstić information content (AvgIpc) is 2.81. The second kappa shape index (κ2) is 5.37. The van der Waals surface area contributed by atoms with Crippen molar-refractivity contribution >= 4 is 17.5 Å². The smallest absolute Gasteiger partial charge is 0.228 e. The Balaban J connectivity index is 1.94. The van der Waals surface area contributed by atoms with Crippen molar-refractivity contribution in [3.05, 3.63) is 0 Å². The Morgan fingerprint density at radius 2 is 2.06 bits per heavy atom. The highest BCUT2D eigenvalue weighted by atomic mass is 35.5. The molecule has 1 aliphatic carbocycles. The molecule has 1 saturated carbocycles. The largest absolute Gasteiger partial charge is 0.381 e. The summed E-state index contributed by atoms with van der Waals surface area (Å²) < 4.78 is 5.26. The number of ether oxygens (including phenoxy) is 1. The van der Waals surface area contributed by atoms with Crippen LogP contribution in [0.4, 0.5) is 0 Å². The maximum atomic E-state index is 12.2. The number of amides is 1. The first-order chi connectivity index (χ1) is 7.70. The van der Waals surface area contributed by atoms with Crippen LogP contribution in [-0.4, -0.2) is 42.5 Å². The van der Waals surface area contributed by atoms with Gasteiger partial charge in [0.05, 0.1) is 17.9 Å². The molecule has 1 saturated heterocycles. The van der Waals surface area contributed by atoms with Gasteiger partial charge in [-0.1, -0.05) is 12.8 Å². The zero-order valence-corrected chi connectivity index (χ0v) is 10.6. The standard InChI is InChI=1S/C12H20ClNO2/c1-14(11-5-3-2-4-10(11)13)12(15)9-6-7-16-8-9/h9-11H,2-8H2,1H3. The lowest BCUT2D eigenvalue weighted by molar-refractivity contribution is -0.136. The molecule has 16 heavy (non-hydrogen) atoms. The fourth-order valence-electron chi connectivity index (χ4n) is 2.68. The third-order valence-corrected chi connectivity index (χ3v) is 4.28. The minimum absolute atomic E-state index is 0.0655. The lowest BCUT2D eigenvalue weighted by Crippen LogP contribution is -2.46. The minimum atomic E-state index is 0.0655. The van der Waals surface area contributed by atoms with Gasteiger partial charge in [-0.2, -0.15) is 0 Å². The quantitative estimate of drug-likeness (QED) is 0.697. The molecule has 3 atom stereocenters. The highest BCUT2D eigenvalue weighted by Crippen LogP contribution is 2.28. The molecule has 0 aromatic heterocycles. The fraction of sp³-hybridized carbons (Fsp3) is 0.917. The van der Waals surface area contributed by atoms with E-state index in [9.17, 15) is 4.79 Å². The van der Waals surface area contributed by atoms with Gasteiger partial charge in [0, 0.05) is 19.7 Å². The fourth-order valence-corrected chi connectivity index (χ4v) is 3.13. The van der Waals surface area contributed by atoms with E-state index in [1.54, 1.807) is 0 Å². The van der Waals surface area contributed by atoms with E-state index in [1.807, 2.05) is 11.9 Å². The Bertz CT molecular complexity index is 253. The molecular formula is C12H20ClNO2. The van der Waals surface area contributed by atoms with Crippen LogP contribution < -0.4 is 0 Å². The summed E-state index contributed by atoms with van der Waals surface area (Å²) in [6, 6.07) is 0.225. The molecule has 2 aliphatic rings. The van der Waals surface area contributed by atoms with E-state index >= 15 is 0 Å². The number of hydrogen-bond acceptors (Lipinski definition) is 2. The summed E-state index contributed by atoms with van der Waals surface area (Å²) >= 11 is 6.30. The minimum Gasteiger partial charge on any atom is -0.381 e. The van der Waals surface area contributed by atoms with Crippen molar-refractivity contribution in [1.82, 2.24) is 4.90 Å². The van der Waals surface area contributed by atoms with Gasteiger partial charge < -0.3 is 9.64 Å². The van der Waals surface area contributed by atoms with Crippen LogP contribution in [0.15, 0.2) is 0 Å². The molecule has 1 heterocycles. The Hall–Kier alpha value is -0.280. The van der Waals surface area contributed by atoms with E-state index in [0.717, 1.165) is 25.9 Å². The molecule has 1 aliphatic heterocycles. The number of nitrogens with zero attached hydrogens (tertiary/aromatic N) is 1. The topological polar surface area (TPSA) is 29.5 Å². The van der Waals surface area contributed by atoms with Gasteiger partial charge in [-0.05, 0) is 19.3 Å². The van der Waals surface area contributed by atoms with E-state index in [4.69, 9.17) is 16.3 Å². The zero-order chi connectivity index (χ0) is 11.5. The van der Waals surface area contributed by atoms with Crippen LogP contribution in [0.5, 0.6) is 0 Å². The molecule has 2 rings (SSSR count). The number of alkyl halides is 1. The molecule has 0 N–H and O–H groups in total. The van der Waals surface area contributed by atoms with E-state index < -0.39 is 0 Å². The van der Waals surface area contributed by atoms with Gasteiger partial charge in [0.2, 0.25) is 5.91 Å². The molecule has 92 valence electrons. The van der Waals surface area contributed by atoms with Crippen molar-refractivity contribution in [3.8, 4) is 0 Å². The molecule has 4 heteroatoms. The molecular weight excluding hydrogens is 226 g/mol. The first-order valence-electron chi connectivity index (χ1n) is 6.18. The normalized spacial score (nSPS) is 35.0. The van der Waals surface area contributed by atoms with Crippen molar-refractivity contribution in [1.29, 1.82) is 0 Å². The molecule has 0 aromatic carbocycles. The van der Waals surface area contributed by atoms with Crippen LogP contribution in [0.3, 0.4) is 0 Å². The molecule has 3 unspecified atom stereocenters. The van der Waals surface area contributed by atoms with E-state index in [1.165, 1.54) is 12.8 Å². The SMILES string of the molecule is CN(C(=O)C1CCOC1)C1CCCCC1Cl. The third kappa shape index (κ3) is 2.51. The van der Waals surface area contributed by atoms with Gasteiger partial charge in [0.25, 0.3) is 0 Å². The van der Waals surface area contributed by atoms with Crippen molar-refractivity contribution in [3.63, 3.8) is 0 Å². The van der Waals surface area contributed by atoms with Crippen LogP contribution in [0.2, 0.25) is 0 Å². The summed E-state index contributed by atoms with van der Waals surface area (Å²) in [6.45, 7) is 1.31. The maximum Gasteiger partial charge on any atom is 0.228 e. The monoisotopic (exact) mass is 245 g/mol. The lowest BCUT2D eigenvalue weighted by Gasteiger charge is -2.36.